The normalized spacial score (nSPS) is 10.7. The molecule has 0 bridgehead atoms. The maximum absolute atomic E-state index is 11.7. The fourth-order valence-electron chi connectivity index (χ4n) is 0.499. The maximum Gasteiger partial charge on any atom is 0.334 e. The van der Waals surface area contributed by atoms with E-state index < -0.39 is 6.55 Å². The SMILES string of the molecule is Cc1ncnn1C(F)F. The molecule has 1 rings (SSSR count). The molecule has 0 unspecified atom stereocenters. The molecule has 0 aliphatic heterocycles. The van der Waals surface area contributed by atoms with Gasteiger partial charge in [0, 0.05) is 0 Å². The molecule has 0 atom stereocenters. The van der Waals surface area contributed by atoms with Crippen molar-refractivity contribution in [3.63, 3.8) is 0 Å². The van der Waals surface area contributed by atoms with Gasteiger partial charge in [0.1, 0.15) is 12.2 Å². The van der Waals surface area contributed by atoms with E-state index in [-0.39, 0.29) is 5.82 Å². The number of nitrogens with zero attached hydrogens (tertiary/aromatic N) is 3. The van der Waals surface area contributed by atoms with Crippen LogP contribution in [-0.2, 0) is 0 Å². The number of aryl methyl sites for hydroxylation is 1. The molecule has 0 aliphatic rings. The lowest BCUT2D eigenvalue weighted by molar-refractivity contribution is 0.0539. The second-order valence-electron chi connectivity index (χ2n) is 1.53. The van der Waals surface area contributed by atoms with E-state index >= 15 is 0 Å². The number of halogens is 2. The summed E-state index contributed by atoms with van der Waals surface area (Å²) >= 11 is 0. The lowest BCUT2D eigenvalue weighted by Gasteiger charge is -1.97. The Morgan fingerprint density at radius 1 is 1.67 bits per heavy atom. The molecule has 0 N–H and O–H groups in total. The van der Waals surface area contributed by atoms with Gasteiger partial charge in [0.15, 0.2) is 0 Å². The maximum atomic E-state index is 11.7. The summed E-state index contributed by atoms with van der Waals surface area (Å²) in [6.45, 7) is -1.11. The van der Waals surface area contributed by atoms with Gasteiger partial charge >= 0.3 is 6.55 Å². The summed E-state index contributed by atoms with van der Waals surface area (Å²) in [6, 6.07) is 0. The van der Waals surface area contributed by atoms with E-state index in [1.165, 1.54) is 6.92 Å². The van der Waals surface area contributed by atoms with Crippen LogP contribution in [0.4, 0.5) is 8.78 Å². The first kappa shape index (κ1) is 6.12. The Hall–Kier alpha value is -1.00. The van der Waals surface area contributed by atoms with Gasteiger partial charge in [-0.15, -0.1) is 0 Å². The van der Waals surface area contributed by atoms with Crippen LogP contribution in [0.1, 0.15) is 12.4 Å². The molecule has 0 saturated heterocycles. The number of aromatic nitrogens is 3. The molecule has 0 saturated carbocycles. The third-order valence-electron chi connectivity index (χ3n) is 0.937. The molecule has 50 valence electrons. The van der Waals surface area contributed by atoms with Gasteiger partial charge in [0.05, 0.1) is 0 Å². The molecule has 0 spiro atoms. The first-order valence-corrected chi connectivity index (χ1v) is 2.36. The lowest BCUT2D eigenvalue weighted by Crippen LogP contribution is -2.01. The standard InChI is InChI=1S/C4H5F2N3/c1-3-7-2-8-9(3)4(5)6/h2,4H,1H3. The van der Waals surface area contributed by atoms with E-state index in [1.807, 2.05) is 0 Å². The summed E-state index contributed by atoms with van der Waals surface area (Å²) < 4.78 is 24.0. The summed E-state index contributed by atoms with van der Waals surface area (Å²) in [5.74, 6) is 0.227. The van der Waals surface area contributed by atoms with Crippen LogP contribution in [0.2, 0.25) is 0 Å². The molecular weight excluding hydrogens is 128 g/mol. The second-order valence-corrected chi connectivity index (χ2v) is 1.53. The summed E-state index contributed by atoms with van der Waals surface area (Å²) in [6.07, 6.45) is 1.10. The van der Waals surface area contributed by atoms with E-state index in [2.05, 4.69) is 10.1 Å². The minimum Gasteiger partial charge on any atom is -0.220 e. The van der Waals surface area contributed by atoms with Crippen molar-refractivity contribution in [2.75, 3.05) is 0 Å². The van der Waals surface area contributed by atoms with Gasteiger partial charge < -0.3 is 0 Å². The molecule has 1 aromatic rings. The van der Waals surface area contributed by atoms with Crippen LogP contribution in [0.5, 0.6) is 0 Å². The van der Waals surface area contributed by atoms with E-state index in [0.717, 1.165) is 6.33 Å². The molecule has 0 radical (unpaired) electrons. The van der Waals surface area contributed by atoms with Crippen LogP contribution in [-0.4, -0.2) is 14.8 Å². The minimum atomic E-state index is -2.58. The highest BCUT2D eigenvalue weighted by molar-refractivity contribution is 4.77. The van der Waals surface area contributed by atoms with E-state index in [4.69, 9.17) is 0 Å². The predicted octanol–water partition coefficient (Wildman–Crippen LogP) is 0.982. The van der Waals surface area contributed by atoms with Crippen molar-refractivity contribution in [1.82, 2.24) is 14.8 Å². The van der Waals surface area contributed by atoms with Gasteiger partial charge in [-0.3, -0.25) is 0 Å². The Morgan fingerprint density at radius 2 is 2.33 bits per heavy atom. The third kappa shape index (κ3) is 1.04. The fourth-order valence-corrected chi connectivity index (χ4v) is 0.499. The van der Waals surface area contributed by atoms with Crippen molar-refractivity contribution in [3.05, 3.63) is 12.2 Å². The Morgan fingerprint density at radius 3 is 2.56 bits per heavy atom. The van der Waals surface area contributed by atoms with Crippen LogP contribution in [0.15, 0.2) is 6.33 Å². The van der Waals surface area contributed by atoms with Crippen LogP contribution < -0.4 is 0 Å². The van der Waals surface area contributed by atoms with Crippen molar-refractivity contribution < 1.29 is 8.78 Å². The summed E-state index contributed by atoms with van der Waals surface area (Å²) in [4.78, 5) is 3.51. The highest BCUT2D eigenvalue weighted by Gasteiger charge is 2.07. The van der Waals surface area contributed by atoms with E-state index in [1.54, 1.807) is 0 Å². The van der Waals surface area contributed by atoms with Crippen molar-refractivity contribution in [3.8, 4) is 0 Å². The number of alkyl halides is 2. The Kier molecular flexibility index (Phi) is 1.42. The molecular formula is C4H5F2N3. The fraction of sp³-hybridized carbons (Fsp3) is 0.500. The quantitative estimate of drug-likeness (QED) is 0.571. The molecule has 9 heavy (non-hydrogen) atoms. The van der Waals surface area contributed by atoms with Gasteiger partial charge in [-0.25, -0.2) is 4.98 Å². The summed E-state index contributed by atoms with van der Waals surface area (Å²) in [5.41, 5.74) is 0. The zero-order valence-electron chi connectivity index (χ0n) is 4.75. The second kappa shape index (κ2) is 2.08. The smallest absolute Gasteiger partial charge is 0.220 e. The topological polar surface area (TPSA) is 30.7 Å². The van der Waals surface area contributed by atoms with Crippen molar-refractivity contribution >= 4 is 0 Å². The molecule has 0 aromatic carbocycles. The minimum absolute atomic E-state index is 0.227. The van der Waals surface area contributed by atoms with Gasteiger partial charge in [-0.05, 0) is 6.92 Å². The molecule has 0 aliphatic carbocycles. The van der Waals surface area contributed by atoms with Gasteiger partial charge in [0.25, 0.3) is 0 Å². The number of hydrogen-bond donors (Lipinski definition) is 0. The molecule has 0 amide bonds. The van der Waals surface area contributed by atoms with Crippen molar-refractivity contribution in [1.29, 1.82) is 0 Å². The van der Waals surface area contributed by atoms with Gasteiger partial charge in [0.2, 0.25) is 0 Å². The molecule has 0 fully saturated rings. The Balaban J connectivity index is 2.94. The van der Waals surface area contributed by atoms with Crippen molar-refractivity contribution in [2.45, 2.75) is 13.5 Å². The van der Waals surface area contributed by atoms with E-state index in [9.17, 15) is 8.78 Å². The number of rotatable bonds is 1. The average molecular weight is 133 g/mol. The molecule has 1 aromatic heterocycles. The Labute approximate surface area is 50.3 Å². The average Bonchev–Trinajstić information content (AvgIpc) is 2.13. The van der Waals surface area contributed by atoms with Gasteiger partial charge in [-0.2, -0.15) is 18.6 Å². The van der Waals surface area contributed by atoms with Crippen LogP contribution >= 0.6 is 0 Å². The lowest BCUT2D eigenvalue weighted by atomic mass is 10.7. The summed E-state index contributed by atoms with van der Waals surface area (Å²) in [7, 11) is 0. The highest BCUT2D eigenvalue weighted by Crippen LogP contribution is 2.07. The molecule has 3 nitrogen and oxygen atoms in total. The zero-order chi connectivity index (χ0) is 6.85. The molecule has 1 heterocycles. The third-order valence-corrected chi connectivity index (χ3v) is 0.937. The first-order valence-electron chi connectivity index (χ1n) is 2.36. The van der Waals surface area contributed by atoms with Crippen LogP contribution in [0.25, 0.3) is 0 Å². The Bertz CT molecular complexity index is 195. The van der Waals surface area contributed by atoms with Crippen molar-refractivity contribution in [2.24, 2.45) is 0 Å². The van der Waals surface area contributed by atoms with E-state index in [0.29, 0.717) is 4.68 Å². The monoisotopic (exact) mass is 133 g/mol. The largest absolute Gasteiger partial charge is 0.334 e. The van der Waals surface area contributed by atoms with Crippen LogP contribution in [0.3, 0.4) is 0 Å². The zero-order valence-corrected chi connectivity index (χ0v) is 4.75. The van der Waals surface area contributed by atoms with Gasteiger partial charge in [-0.1, -0.05) is 0 Å². The number of hydrogen-bond acceptors (Lipinski definition) is 2. The summed E-state index contributed by atoms with van der Waals surface area (Å²) in [5, 5.41) is 3.27. The predicted molar refractivity (Wildman–Crippen MR) is 26.0 cm³/mol. The highest BCUT2D eigenvalue weighted by atomic mass is 19.3. The molecule has 5 heteroatoms. The van der Waals surface area contributed by atoms with Crippen LogP contribution in [0, 0.1) is 6.92 Å². The first-order chi connectivity index (χ1) is 4.22.